The molecular weight excluding hydrogens is 353 g/mol. The van der Waals surface area contributed by atoms with Crippen molar-refractivity contribution in [1.82, 2.24) is 9.78 Å². The van der Waals surface area contributed by atoms with Gasteiger partial charge in [-0.25, -0.2) is 9.18 Å². The van der Waals surface area contributed by atoms with E-state index in [1.54, 1.807) is 49.9 Å². The lowest BCUT2D eigenvalue weighted by molar-refractivity contribution is 0.0635. The largest absolute Gasteiger partial charge is 0.444 e. The van der Waals surface area contributed by atoms with E-state index in [0.717, 1.165) is 10.3 Å². The smallest absolute Gasteiger partial charge is 0.412 e. The molecule has 136 valence electrons. The van der Waals surface area contributed by atoms with Crippen LogP contribution in [0, 0.1) is 5.82 Å². The minimum atomic E-state index is -0.699. The molecule has 0 bridgehead atoms. The Morgan fingerprint density at radius 1 is 1.35 bits per heavy atom. The van der Waals surface area contributed by atoms with E-state index < -0.39 is 17.5 Å². The number of hydrogen-bond acceptors (Lipinski definition) is 4. The van der Waals surface area contributed by atoms with E-state index in [4.69, 9.17) is 4.74 Å². The number of aryl methyl sites for hydroxylation is 1. The monoisotopic (exact) mass is 373 g/mol. The van der Waals surface area contributed by atoms with Gasteiger partial charge in [0.05, 0.1) is 16.9 Å². The van der Waals surface area contributed by atoms with E-state index in [-0.39, 0.29) is 5.69 Å². The van der Waals surface area contributed by atoms with Crippen LogP contribution in [0.15, 0.2) is 29.6 Å². The predicted octanol–water partition coefficient (Wildman–Crippen LogP) is 5.29. The van der Waals surface area contributed by atoms with E-state index in [0.29, 0.717) is 11.2 Å². The highest BCUT2D eigenvalue weighted by atomic mass is 32.1. The van der Waals surface area contributed by atoms with Crippen LogP contribution in [0.2, 0.25) is 0 Å². The number of thiophene rings is 1. The summed E-state index contributed by atoms with van der Waals surface area (Å²) in [4.78, 5) is 13.0. The summed E-state index contributed by atoms with van der Waals surface area (Å²) in [6, 6.07) is 6.91. The number of carbonyl (C=O) groups is 1. The zero-order valence-corrected chi connectivity index (χ0v) is 15.9. The van der Waals surface area contributed by atoms with Crippen molar-refractivity contribution in [2.24, 2.45) is 7.05 Å². The molecule has 1 N–H and O–H groups in total. The molecule has 0 radical (unpaired) electrons. The molecule has 0 unspecified atom stereocenters. The minimum absolute atomic E-state index is 0.0607. The molecule has 3 rings (SSSR count). The first-order valence-electron chi connectivity index (χ1n) is 8.11. The summed E-state index contributed by atoms with van der Waals surface area (Å²) in [7, 11) is 1.76. The fourth-order valence-corrected chi connectivity index (χ4v) is 3.10. The second-order valence-corrected chi connectivity index (χ2v) is 7.81. The molecule has 0 saturated heterocycles. The van der Waals surface area contributed by atoms with Crippen LogP contribution < -0.4 is 5.32 Å². The second-order valence-electron chi connectivity index (χ2n) is 6.83. The van der Waals surface area contributed by atoms with Crippen LogP contribution in [0.25, 0.3) is 23.1 Å². The Morgan fingerprint density at radius 2 is 2.12 bits per heavy atom. The first-order chi connectivity index (χ1) is 12.2. The molecule has 0 fully saturated rings. The van der Waals surface area contributed by atoms with Crippen LogP contribution in [0.1, 0.15) is 31.3 Å². The lowest BCUT2D eigenvalue weighted by atomic mass is 10.1. The molecule has 0 aliphatic carbocycles. The lowest BCUT2D eigenvalue weighted by Gasteiger charge is -2.19. The Morgan fingerprint density at radius 3 is 2.77 bits per heavy atom. The van der Waals surface area contributed by atoms with Gasteiger partial charge in [0.15, 0.2) is 0 Å². The summed E-state index contributed by atoms with van der Waals surface area (Å²) in [5, 5.41) is 9.64. The van der Waals surface area contributed by atoms with Crippen LogP contribution >= 0.6 is 11.3 Å². The van der Waals surface area contributed by atoms with Gasteiger partial charge in [0.1, 0.15) is 11.4 Å². The summed E-state index contributed by atoms with van der Waals surface area (Å²) >= 11 is 1.62. The topological polar surface area (TPSA) is 56.2 Å². The molecule has 0 saturated carbocycles. The SMILES string of the molecule is Cn1nc(/C=C/c2cccs2)c2cc(NC(=O)OC(C)(C)C)c(F)cc21. The quantitative estimate of drug-likeness (QED) is 0.678. The molecule has 2 heterocycles. The number of amides is 1. The number of nitrogens with one attached hydrogen (secondary N) is 1. The third kappa shape index (κ3) is 4.11. The van der Waals surface area contributed by atoms with E-state index in [1.165, 1.54) is 6.07 Å². The van der Waals surface area contributed by atoms with E-state index in [9.17, 15) is 9.18 Å². The van der Waals surface area contributed by atoms with Gasteiger partial charge in [0, 0.05) is 23.4 Å². The van der Waals surface area contributed by atoms with Gasteiger partial charge in [0.2, 0.25) is 0 Å². The first-order valence-corrected chi connectivity index (χ1v) is 8.99. The number of fused-ring (bicyclic) bond motifs is 1. The summed E-state index contributed by atoms with van der Waals surface area (Å²) < 4.78 is 21.2. The van der Waals surface area contributed by atoms with Crippen molar-refractivity contribution in [2.45, 2.75) is 26.4 Å². The summed E-state index contributed by atoms with van der Waals surface area (Å²) in [5.41, 5.74) is 0.741. The van der Waals surface area contributed by atoms with Gasteiger partial charge in [-0.3, -0.25) is 10.00 Å². The van der Waals surface area contributed by atoms with Gasteiger partial charge in [-0.2, -0.15) is 5.10 Å². The fraction of sp³-hybridized carbons (Fsp3) is 0.263. The Kier molecular flexibility index (Phi) is 4.82. The molecule has 0 aliphatic rings. The summed E-state index contributed by atoms with van der Waals surface area (Å²) in [5.74, 6) is -0.542. The van der Waals surface area contributed by atoms with Crippen LogP contribution in [0.4, 0.5) is 14.9 Å². The summed E-state index contributed by atoms with van der Waals surface area (Å²) in [6.07, 6.45) is 3.13. The maximum absolute atomic E-state index is 14.4. The van der Waals surface area contributed by atoms with Crippen molar-refractivity contribution in [3.63, 3.8) is 0 Å². The number of ether oxygens (including phenoxy) is 1. The highest BCUT2D eigenvalue weighted by Crippen LogP contribution is 2.27. The molecule has 1 aromatic carbocycles. The third-order valence-electron chi connectivity index (χ3n) is 3.55. The van der Waals surface area contributed by atoms with Crippen molar-refractivity contribution in [3.05, 3.63) is 46.0 Å². The average molecular weight is 373 g/mol. The van der Waals surface area contributed by atoms with Gasteiger partial charge in [-0.1, -0.05) is 6.07 Å². The molecule has 0 atom stereocenters. The van der Waals surface area contributed by atoms with Crippen LogP contribution in [-0.2, 0) is 11.8 Å². The molecule has 0 spiro atoms. The van der Waals surface area contributed by atoms with Crippen LogP contribution in [0.5, 0.6) is 0 Å². The zero-order chi connectivity index (χ0) is 18.9. The molecule has 3 aromatic rings. The van der Waals surface area contributed by atoms with Gasteiger partial charge in [-0.15, -0.1) is 11.3 Å². The van der Waals surface area contributed by atoms with Crippen molar-refractivity contribution in [1.29, 1.82) is 0 Å². The number of rotatable bonds is 3. The molecular formula is C19H20FN3O2S. The van der Waals surface area contributed by atoms with Crippen molar-refractivity contribution in [3.8, 4) is 0 Å². The van der Waals surface area contributed by atoms with Crippen molar-refractivity contribution >= 4 is 46.2 Å². The minimum Gasteiger partial charge on any atom is -0.444 e. The van der Waals surface area contributed by atoms with E-state index in [1.807, 2.05) is 29.7 Å². The Hall–Kier alpha value is -2.67. The summed E-state index contributed by atoms with van der Waals surface area (Å²) in [6.45, 7) is 5.25. The molecule has 0 aliphatic heterocycles. The molecule has 1 amide bonds. The standard InChI is InChI=1S/C19H20FN3O2S/c1-19(2,3)25-18(24)21-16-10-13-15(8-7-12-6-5-9-26-12)22-23(4)17(13)11-14(16)20/h5-11H,1-4H3,(H,21,24)/b8-7+. The maximum atomic E-state index is 14.4. The Balaban J connectivity index is 1.95. The van der Waals surface area contributed by atoms with Crippen LogP contribution in [-0.4, -0.2) is 21.5 Å². The zero-order valence-electron chi connectivity index (χ0n) is 15.0. The van der Waals surface area contributed by atoms with Gasteiger partial charge >= 0.3 is 6.09 Å². The molecule has 5 nitrogen and oxygen atoms in total. The number of halogens is 1. The van der Waals surface area contributed by atoms with E-state index in [2.05, 4.69) is 10.4 Å². The Bertz CT molecular complexity index is 969. The van der Waals surface area contributed by atoms with Crippen LogP contribution in [0.3, 0.4) is 0 Å². The number of anilines is 1. The molecule has 2 aromatic heterocycles. The fourth-order valence-electron chi connectivity index (χ4n) is 2.48. The lowest BCUT2D eigenvalue weighted by Crippen LogP contribution is -2.27. The normalized spacial score (nSPS) is 12.0. The van der Waals surface area contributed by atoms with Gasteiger partial charge in [-0.05, 0) is 50.4 Å². The van der Waals surface area contributed by atoms with Crippen molar-refractivity contribution < 1.29 is 13.9 Å². The van der Waals surface area contributed by atoms with Gasteiger partial charge < -0.3 is 4.74 Å². The number of aromatic nitrogens is 2. The van der Waals surface area contributed by atoms with Crippen molar-refractivity contribution in [2.75, 3.05) is 5.32 Å². The molecule has 7 heteroatoms. The first kappa shape index (κ1) is 18.1. The maximum Gasteiger partial charge on any atom is 0.412 e. The number of nitrogens with zero attached hydrogens (tertiary/aromatic N) is 2. The third-order valence-corrected chi connectivity index (χ3v) is 4.39. The second kappa shape index (κ2) is 6.92. The number of hydrogen-bond donors (Lipinski definition) is 1. The number of carbonyl (C=O) groups excluding carboxylic acids is 1. The highest BCUT2D eigenvalue weighted by molar-refractivity contribution is 7.10. The van der Waals surface area contributed by atoms with Gasteiger partial charge in [0.25, 0.3) is 0 Å². The highest BCUT2D eigenvalue weighted by Gasteiger charge is 2.19. The predicted molar refractivity (Wildman–Crippen MR) is 104 cm³/mol. The number of benzene rings is 1. The van der Waals surface area contributed by atoms with E-state index >= 15 is 0 Å². The Labute approximate surface area is 155 Å². The molecule has 26 heavy (non-hydrogen) atoms. The average Bonchev–Trinajstić information content (AvgIpc) is 3.13.